The van der Waals surface area contributed by atoms with Crippen molar-refractivity contribution < 1.29 is 33.6 Å². The number of aliphatic hydroxyl groups is 1. The number of rotatable bonds is 9. The van der Waals surface area contributed by atoms with Crippen LogP contribution in [-0.4, -0.2) is 55.5 Å². The molecular formula is C23H28O7. The molecule has 1 heterocycles. The smallest absolute Gasteiger partial charge is 0.303 e. The molecule has 0 bridgehead atoms. The van der Waals surface area contributed by atoms with Crippen LogP contribution >= 0.6 is 0 Å². The van der Waals surface area contributed by atoms with Gasteiger partial charge in [-0.25, -0.2) is 0 Å². The second-order valence-corrected chi connectivity index (χ2v) is 7.12. The van der Waals surface area contributed by atoms with Gasteiger partial charge in [0.25, 0.3) is 0 Å². The summed E-state index contributed by atoms with van der Waals surface area (Å²) < 4.78 is 28.6. The second kappa shape index (κ2) is 11.2. The van der Waals surface area contributed by atoms with E-state index in [-0.39, 0.29) is 13.2 Å². The largest absolute Gasteiger partial charge is 0.454 e. The number of benzene rings is 2. The van der Waals surface area contributed by atoms with E-state index in [4.69, 9.17) is 23.7 Å². The van der Waals surface area contributed by atoms with E-state index in [0.29, 0.717) is 6.61 Å². The second-order valence-electron chi connectivity index (χ2n) is 7.12. The highest BCUT2D eigenvalue weighted by Crippen LogP contribution is 2.29. The van der Waals surface area contributed by atoms with Crippen molar-refractivity contribution in [3.63, 3.8) is 0 Å². The van der Waals surface area contributed by atoms with E-state index in [1.165, 1.54) is 6.92 Å². The molecule has 0 radical (unpaired) electrons. The van der Waals surface area contributed by atoms with Gasteiger partial charge < -0.3 is 28.8 Å². The van der Waals surface area contributed by atoms with Crippen LogP contribution in [0.1, 0.15) is 18.1 Å². The number of hydrogen-bond donors (Lipinski definition) is 1. The monoisotopic (exact) mass is 416 g/mol. The van der Waals surface area contributed by atoms with Gasteiger partial charge in [-0.2, -0.15) is 0 Å². The predicted octanol–water partition coefficient (Wildman–Crippen LogP) is 2.45. The van der Waals surface area contributed by atoms with Crippen LogP contribution in [0.25, 0.3) is 0 Å². The Morgan fingerprint density at radius 1 is 0.900 bits per heavy atom. The average molecular weight is 416 g/mol. The topological polar surface area (TPSA) is 83.5 Å². The fourth-order valence-corrected chi connectivity index (χ4v) is 3.44. The lowest BCUT2D eigenvalue weighted by molar-refractivity contribution is -0.308. The molecule has 162 valence electrons. The van der Waals surface area contributed by atoms with E-state index in [2.05, 4.69) is 0 Å². The molecule has 7 nitrogen and oxygen atoms in total. The third-order valence-electron chi connectivity index (χ3n) is 4.81. The maximum absolute atomic E-state index is 11.7. The summed E-state index contributed by atoms with van der Waals surface area (Å²) in [6, 6.07) is 19.3. The summed E-state index contributed by atoms with van der Waals surface area (Å²) >= 11 is 0. The van der Waals surface area contributed by atoms with Crippen LogP contribution in [-0.2, 0) is 41.7 Å². The van der Waals surface area contributed by atoms with E-state index in [0.717, 1.165) is 11.1 Å². The van der Waals surface area contributed by atoms with Gasteiger partial charge in [0.15, 0.2) is 12.4 Å². The minimum absolute atomic E-state index is 0.189. The van der Waals surface area contributed by atoms with Crippen LogP contribution in [0.3, 0.4) is 0 Å². The van der Waals surface area contributed by atoms with E-state index < -0.39 is 36.7 Å². The van der Waals surface area contributed by atoms with E-state index in [1.54, 1.807) is 7.11 Å². The lowest BCUT2D eigenvalue weighted by Gasteiger charge is -2.43. The lowest BCUT2D eigenvalue weighted by Crippen LogP contribution is -2.61. The number of hydrogen-bond acceptors (Lipinski definition) is 7. The Morgan fingerprint density at radius 3 is 1.93 bits per heavy atom. The first kappa shape index (κ1) is 22.4. The maximum atomic E-state index is 11.7. The summed E-state index contributed by atoms with van der Waals surface area (Å²) in [7, 11) is 1.54. The highest BCUT2D eigenvalue weighted by Gasteiger charge is 2.49. The molecule has 5 atom stereocenters. The summed E-state index contributed by atoms with van der Waals surface area (Å²) in [4.78, 5) is 11.7. The first-order valence-corrected chi connectivity index (χ1v) is 9.89. The van der Waals surface area contributed by atoms with Crippen molar-refractivity contribution in [3.05, 3.63) is 71.8 Å². The van der Waals surface area contributed by atoms with Crippen molar-refractivity contribution in [2.75, 3.05) is 13.7 Å². The third kappa shape index (κ3) is 6.10. The van der Waals surface area contributed by atoms with Gasteiger partial charge in [-0.1, -0.05) is 60.7 Å². The van der Waals surface area contributed by atoms with Crippen molar-refractivity contribution in [2.45, 2.75) is 50.8 Å². The molecule has 1 aliphatic rings. The molecule has 0 saturated carbocycles. The fourth-order valence-electron chi connectivity index (χ4n) is 3.44. The summed E-state index contributed by atoms with van der Waals surface area (Å²) in [5.74, 6) is -0.539. The molecule has 30 heavy (non-hydrogen) atoms. The zero-order valence-corrected chi connectivity index (χ0v) is 17.2. The Balaban J connectivity index is 1.82. The SMILES string of the molecule is COC[C@H]1O[C@H](O)[C@H](OC(C)=O)[C@@H](OCc2ccccc2)[C@@H]1OCc1ccccc1. The van der Waals surface area contributed by atoms with Crippen LogP contribution < -0.4 is 0 Å². The number of carbonyl (C=O) groups is 1. The standard InChI is InChI=1S/C23H28O7/c1-16(24)29-22-21(28-14-18-11-7-4-8-12-18)20(19(15-26-2)30-23(22)25)27-13-17-9-5-3-6-10-17/h3-12,19-23,25H,13-15H2,1-2H3/t19-,20-,21+,22-,23+/m1/s1. The summed E-state index contributed by atoms with van der Waals surface area (Å²) in [6.45, 7) is 2.04. The minimum atomic E-state index is -1.36. The molecule has 1 saturated heterocycles. The van der Waals surface area contributed by atoms with Crippen LogP contribution in [0.15, 0.2) is 60.7 Å². The average Bonchev–Trinajstić information content (AvgIpc) is 2.75. The fraction of sp³-hybridized carbons (Fsp3) is 0.435. The molecule has 0 aromatic heterocycles. The lowest BCUT2D eigenvalue weighted by atomic mass is 9.98. The molecule has 2 aromatic carbocycles. The van der Waals surface area contributed by atoms with Crippen LogP contribution in [0.5, 0.6) is 0 Å². The van der Waals surface area contributed by atoms with Gasteiger partial charge in [-0.3, -0.25) is 4.79 Å². The predicted molar refractivity (Wildman–Crippen MR) is 108 cm³/mol. The third-order valence-corrected chi connectivity index (χ3v) is 4.81. The molecule has 1 fully saturated rings. The maximum Gasteiger partial charge on any atom is 0.303 e. The van der Waals surface area contributed by atoms with Gasteiger partial charge in [-0.15, -0.1) is 0 Å². The normalized spacial score (nSPS) is 26.3. The van der Waals surface area contributed by atoms with Gasteiger partial charge in [-0.05, 0) is 11.1 Å². The van der Waals surface area contributed by atoms with E-state index in [9.17, 15) is 9.90 Å². The molecule has 0 spiro atoms. The molecule has 0 unspecified atom stereocenters. The number of esters is 1. The zero-order valence-electron chi connectivity index (χ0n) is 17.2. The first-order chi connectivity index (χ1) is 14.6. The van der Waals surface area contributed by atoms with Gasteiger partial charge in [0.1, 0.15) is 18.3 Å². The number of carbonyl (C=O) groups excluding carboxylic acids is 1. The van der Waals surface area contributed by atoms with E-state index >= 15 is 0 Å². The zero-order chi connectivity index (χ0) is 21.3. The number of aliphatic hydroxyl groups excluding tert-OH is 1. The van der Waals surface area contributed by atoms with Gasteiger partial charge in [0, 0.05) is 14.0 Å². The van der Waals surface area contributed by atoms with Gasteiger partial charge >= 0.3 is 5.97 Å². The minimum Gasteiger partial charge on any atom is -0.454 e. The van der Waals surface area contributed by atoms with Crippen molar-refractivity contribution in [2.24, 2.45) is 0 Å². The van der Waals surface area contributed by atoms with E-state index in [1.807, 2.05) is 60.7 Å². The van der Waals surface area contributed by atoms with Crippen LogP contribution in [0.4, 0.5) is 0 Å². The molecular weight excluding hydrogens is 388 g/mol. The van der Waals surface area contributed by atoms with Gasteiger partial charge in [0.2, 0.25) is 0 Å². The summed E-state index contributed by atoms with van der Waals surface area (Å²) in [5.41, 5.74) is 1.93. The Hall–Kier alpha value is -2.29. The Kier molecular flexibility index (Phi) is 8.36. The molecule has 0 aliphatic carbocycles. The summed E-state index contributed by atoms with van der Waals surface area (Å²) in [6.07, 6.45) is -4.35. The van der Waals surface area contributed by atoms with Crippen molar-refractivity contribution >= 4 is 5.97 Å². The first-order valence-electron chi connectivity index (χ1n) is 9.89. The summed E-state index contributed by atoms with van der Waals surface area (Å²) in [5, 5.41) is 10.5. The molecule has 1 N–H and O–H groups in total. The van der Waals surface area contributed by atoms with Crippen LogP contribution in [0.2, 0.25) is 0 Å². The molecule has 1 aliphatic heterocycles. The Labute approximate surface area is 176 Å². The van der Waals surface area contributed by atoms with Crippen molar-refractivity contribution in [3.8, 4) is 0 Å². The molecule has 2 aromatic rings. The van der Waals surface area contributed by atoms with Crippen LogP contribution in [0, 0.1) is 0 Å². The highest BCUT2D eigenvalue weighted by molar-refractivity contribution is 5.66. The quantitative estimate of drug-likeness (QED) is 0.629. The number of methoxy groups -OCH3 is 1. The Morgan fingerprint density at radius 2 is 1.43 bits per heavy atom. The highest BCUT2D eigenvalue weighted by atomic mass is 16.7. The Bertz CT molecular complexity index is 768. The molecule has 7 heteroatoms. The molecule has 0 amide bonds. The van der Waals surface area contributed by atoms with Crippen molar-refractivity contribution in [1.82, 2.24) is 0 Å². The number of ether oxygens (including phenoxy) is 5. The van der Waals surface area contributed by atoms with Gasteiger partial charge in [0.05, 0.1) is 19.8 Å². The van der Waals surface area contributed by atoms with Crippen molar-refractivity contribution in [1.29, 1.82) is 0 Å². The molecule has 3 rings (SSSR count).